The molecule has 0 spiro atoms. The van der Waals surface area contributed by atoms with E-state index in [-0.39, 0.29) is 17.4 Å². The molecule has 0 atom stereocenters. The van der Waals surface area contributed by atoms with Gasteiger partial charge in [0.25, 0.3) is 15.9 Å². The zero-order chi connectivity index (χ0) is 26.7. The third kappa shape index (κ3) is 6.07. The zero-order valence-corrected chi connectivity index (χ0v) is 23.0. The number of rotatable bonds is 7. The molecule has 0 aliphatic carbocycles. The number of anilines is 2. The molecule has 1 saturated heterocycles. The van der Waals surface area contributed by atoms with E-state index in [1.54, 1.807) is 25.1 Å². The van der Waals surface area contributed by atoms with Gasteiger partial charge in [-0.15, -0.1) is 0 Å². The van der Waals surface area contributed by atoms with Crippen molar-refractivity contribution in [3.8, 4) is 5.75 Å². The monoisotopic (exact) mass is 521 g/mol. The Balaban J connectivity index is 1.33. The van der Waals surface area contributed by atoms with Crippen molar-refractivity contribution >= 4 is 27.3 Å². The van der Waals surface area contributed by atoms with Crippen molar-refractivity contribution in [2.75, 3.05) is 42.4 Å². The van der Waals surface area contributed by atoms with Crippen LogP contribution in [-0.2, 0) is 14.8 Å². The molecule has 1 aliphatic rings. The van der Waals surface area contributed by atoms with E-state index < -0.39 is 10.0 Å². The van der Waals surface area contributed by atoms with E-state index in [4.69, 9.17) is 4.74 Å². The molecule has 8 heteroatoms. The van der Waals surface area contributed by atoms with Gasteiger partial charge in [-0.3, -0.25) is 9.52 Å². The number of carbonyl (C=O) groups excluding carboxylic acids is 1. The van der Waals surface area contributed by atoms with Crippen molar-refractivity contribution in [2.45, 2.75) is 39.5 Å². The molecular formula is C29H35N3O4S. The van der Waals surface area contributed by atoms with Crippen molar-refractivity contribution in [1.29, 1.82) is 0 Å². The molecule has 0 saturated carbocycles. The summed E-state index contributed by atoms with van der Waals surface area (Å²) in [5, 5.41) is 0. The van der Waals surface area contributed by atoms with Crippen LogP contribution < -0.4 is 14.4 Å². The van der Waals surface area contributed by atoms with Crippen LogP contribution in [-0.4, -0.2) is 52.0 Å². The van der Waals surface area contributed by atoms with Gasteiger partial charge >= 0.3 is 0 Å². The number of ether oxygens (including phenoxy) is 1. The van der Waals surface area contributed by atoms with E-state index in [2.05, 4.69) is 41.7 Å². The number of piperazine rings is 1. The van der Waals surface area contributed by atoms with Crippen molar-refractivity contribution < 1.29 is 17.9 Å². The number of sulfonamides is 1. The van der Waals surface area contributed by atoms with Gasteiger partial charge < -0.3 is 14.5 Å². The Morgan fingerprint density at radius 3 is 2.24 bits per heavy atom. The maximum absolute atomic E-state index is 12.9. The van der Waals surface area contributed by atoms with E-state index in [9.17, 15) is 13.2 Å². The fourth-order valence-corrected chi connectivity index (χ4v) is 5.61. The number of hydrogen-bond acceptors (Lipinski definition) is 5. The molecule has 196 valence electrons. The van der Waals surface area contributed by atoms with E-state index in [0.29, 0.717) is 30.1 Å². The van der Waals surface area contributed by atoms with Crippen LogP contribution in [0.25, 0.3) is 0 Å². The molecule has 1 heterocycles. The maximum atomic E-state index is 12.9. The SMILES string of the molecule is Cc1ccc(NS(=O)(=O)c2ccc(OCC(=O)N3CCN(c4cccc(C)c4C)CC3)c(C)c2)cc1C. The third-order valence-corrected chi connectivity index (χ3v) is 8.50. The lowest BCUT2D eigenvalue weighted by molar-refractivity contribution is -0.133. The molecule has 1 aliphatic heterocycles. The lowest BCUT2D eigenvalue weighted by atomic mass is 10.1. The van der Waals surface area contributed by atoms with Gasteiger partial charge in [0.2, 0.25) is 0 Å². The molecule has 0 bridgehead atoms. The van der Waals surface area contributed by atoms with Gasteiger partial charge in [-0.05, 0) is 98.8 Å². The largest absolute Gasteiger partial charge is 0.483 e. The fourth-order valence-electron chi connectivity index (χ4n) is 4.48. The second-order valence-corrected chi connectivity index (χ2v) is 11.4. The summed E-state index contributed by atoms with van der Waals surface area (Å²) in [5.41, 5.74) is 7.03. The normalized spacial score (nSPS) is 14.0. The predicted octanol–water partition coefficient (Wildman–Crippen LogP) is 4.76. The number of aryl methyl sites for hydroxylation is 4. The lowest BCUT2D eigenvalue weighted by Crippen LogP contribution is -2.50. The highest BCUT2D eigenvalue weighted by molar-refractivity contribution is 7.92. The van der Waals surface area contributed by atoms with Gasteiger partial charge in [0.05, 0.1) is 4.90 Å². The highest BCUT2D eigenvalue weighted by Gasteiger charge is 2.23. The quantitative estimate of drug-likeness (QED) is 0.485. The van der Waals surface area contributed by atoms with Crippen LogP contribution in [0.5, 0.6) is 5.75 Å². The molecule has 3 aromatic rings. The summed E-state index contributed by atoms with van der Waals surface area (Å²) in [4.78, 5) is 17.1. The minimum Gasteiger partial charge on any atom is -0.483 e. The Bertz CT molecular complexity index is 1410. The average Bonchev–Trinajstić information content (AvgIpc) is 2.87. The van der Waals surface area contributed by atoms with E-state index in [0.717, 1.165) is 24.2 Å². The third-order valence-electron chi connectivity index (χ3n) is 7.12. The first-order valence-electron chi connectivity index (χ1n) is 12.5. The van der Waals surface area contributed by atoms with Gasteiger partial charge in [-0.25, -0.2) is 8.42 Å². The number of carbonyl (C=O) groups is 1. The maximum Gasteiger partial charge on any atom is 0.261 e. The summed E-state index contributed by atoms with van der Waals surface area (Å²) in [6, 6.07) is 16.4. The lowest BCUT2D eigenvalue weighted by Gasteiger charge is -2.37. The van der Waals surface area contributed by atoms with Crippen molar-refractivity contribution in [1.82, 2.24) is 4.90 Å². The van der Waals surface area contributed by atoms with Crippen molar-refractivity contribution in [2.24, 2.45) is 0 Å². The standard InChI is InChI=1S/C29H35N3O4S/c1-20-9-10-25(17-22(20)3)30-37(34,35)26-11-12-28(23(4)18-26)36-19-29(33)32-15-13-31(14-16-32)27-8-6-7-21(2)24(27)5/h6-12,17-18,30H,13-16,19H2,1-5H3. The highest BCUT2D eigenvalue weighted by atomic mass is 32.2. The van der Waals surface area contributed by atoms with Crippen LogP contribution in [0, 0.1) is 34.6 Å². The van der Waals surface area contributed by atoms with Gasteiger partial charge in [0.1, 0.15) is 5.75 Å². The Morgan fingerprint density at radius 2 is 1.57 bits per heavy atom. The van der Waals surface area contributed by atoms with Gasteiger partial charge in [0, 0.05) is 37.6 Å². The molecule has 1 amide bonds. The number of benzene rings is 3. The van der Waals surface area contributed by atoms with Crippen LogP contribution in [0.15, 0.2) is 59.5 Å². The van der Waals surface area contributed by atoms with E-state index in [1.807, 2.05) is 30.9 Å². The molecule has 37 heavy (non-hydrogen) atoms. The molecule has 4 rings (SSSR count). The molecule has 3 aromatic carbocycles. The summed E-state index contributed by atoms with van der Waals surface area (Å²) in [6.07, 6.45) is 0. The smallest absolute Gasteiger partial charge is 0.261 e. The van der Waals surface area contributed by atoms with Crippen molar-refractivity contribution in [3.05, 3.63) is 82.4 Å². The Kier molecular flexibility index (Phi) is 7.78. The van der Waals surface area contributed by atoms with Crippen molar-refractivity contribution in [3.63, 3.8) is 0 Å². The average molecular weight is 522 g/mol. The molecule has 1 fully saturated rings. The summed E-state index contributed by atoms with van der Waals surface area (Å²) in [6.45, 7) is 12.7. The first-order chi connectivity index (χ1) is 17.5. The zero-order valence-electron chi connectivity index (χ0n) is 22.2. The molecule has 0 radical (unpaired) electrons. The summed E-state index contributed by atoms with van der Waals surface area (Å²) >= 11 is 0. The van der Waals surface area contributed by atoms with Gasteiger partial charge in [0.15, 0.2) is 6.61 Å². The van der Waals surface area contributed by atoms with Crippen LogP contribution in [0.3, 0.4) is 0 Å². The van der Waals surface area contributed by atoms with E-state index >= 15 is 0 Å². The number of hydrogen-bond donors (Lipinski definition) is 1. The van der Waals surface area contributed by atoms with Crippen LogP contribution in [0.2, 0.25) is 0 Å². The minimum atomic E-state index is -3.75. The fraction of sp³-hybridized carbons (Fsp3) is 0.345. The summed E-state index contributed by atoms with van der Waals surface area (Å²) in [7, 11) is -3.75. The topological polar surface area (TPSA) is 78.9 Å². The minimum absolute atomic E-state index is 0.0758. The Hall–Kier alpha value is -3.52. The molecular weight excluding hydrogens is 486 g/mol. The molecule has 0 unspecified atom stereocenters. The molecule has 0 aromatic heterocycles. The van der Waals surface area contributed by atoms with Crippen LogP contribution >= 0.6 is 0 Å². The molecule has 7 nitrogen and oxygen atoms in total. The Labute approximate surface area is 220 Å². The summed E-state index contributed by atoms with van der Waals surface area (Å²) < 4.78 is 34.2. The Morgan fingerprint density at radius 1 is 0.838 bits per heavy atom. The molecule has 1 N–H and O–H groups in total. The van der Waals surface area contributed by atoms with Gasteiger partial charge in [-0.1, -0.05) is 18.2 Å². The highest BCUT2D eigenvalue weighted by Crippen LogP contribution is 2.26. The first-order valence-corrected chi connectivity index (χ1v) is 14.0. The number of nitrogens with one attached hydrogen (secondary N) is 1. The van der Waals surface area contributed by atoms with E-state index in [1.165, 1.54) is 22.9 Å². The second kappa shape index (κ2) is 10.8. The number of amides is 1. The first kappa shape index (κ1) is 26.5. The second-order valence-electron chi connectivity index (χ2n) is 9.71. The van der Waals surface area contributed by atoms with Gasteiger partial charge in [-0.2, -0.15) is 0 Å². The number of nitrogens with zero attached hydrogens (tertiary/aromatic N) is 2. The van der Waals surface area contributed by atoms with Crippen LogP contribution in [0.1, 0.15) is 27.8 Å². The predicted molar refractivity (Wildman–Crippen MR) is 148 cm³/mol. The van der Waals surface area contributed by atoms with Crippen LogP contribution in [0.4, 0.5) is 11.4 Å². The summed E-state index contributed by atoms with van der Waals surface area (Å²) in [5.74, 6) is 0.417.